The maximum Gasteiger partial charge on any atom is 0.160 e. The molecule has 0 heterocycles. The summed E-state index contributed by atoms with van der Waals surface area (Å²) < 4.78 is 5.01. The van der Waals surface area contributed by atoms with Crippen molar-refractivity contribution in [2.75, 3.05) is 20.7 Å². The SMILES string of the molecule is C[NH2+]CCc1ccc(O)c(OC)c1. The van der Waals surface area contributed by atoms with Crippen molar-refractivity contribution in [1.82, 2.24) is 0 Å². The second kappa shape index (κ2) is 4.72. The number of nitrogens with two attached hydrogens (primary N) is 1. The molecule has 1 rings (SSSR count). The van der Waals surface area contributed by atoms with E-state index in [0.29, 0.717) is 5.75 Å². The van der Waals surface area contributed by atoms with Crippen LogP contribution >= 0.6 is 0 Å². The van der Waals surface area contributed by atoms with Crippen molar-refractivity contribution in [1.29, 1.82) is 0 Å². The topological polar surface area (TPSA) is 46.1 Å². The van der Waals surface area contributed by atoms with Crippen molar-refractivity contribution in [2.24, 2.45) is 0 Å². The highest BCUT2D eigenvalue weighted by Crippen LogP contribution is 2.26. The van der Waals surface area contributed by atoms with Crippen molar-refractivity contribution in [3.63, 3.8) is 0 Å². The van der Waals surface area contributed by atoms with Crippen molar-refractivity contribution < 1.29 is 15.2 Å². The van der Waals surface area contributed by atoms with E-state index >= 15 is 0 Å². The number of rotatable bonds is 4. The van der Waals surface area contributed by atoms with Crippen LogP contribution in [0.25, 0.3) is 0 Å². The van der Waals surface area contributed by atoms with Gasteiger partial charge >= 0.3 is 0 Å². The van der Waals surface area contributed by atoms with Crippen LogP contribution in [0.5, 0.6) is 11.5 Å². The summed E-state index contributed by atoms with van der Waals surface area (Å²) in [6.07, 6.45) is 0.993. The first-order chi connectivity index (χ1) is 6.27. The molecule has 0 spiro atoms. The first kappa shape index (κ1) is 9.86. The average molecular weight is 182 g/mol. The molecule has 0 fully saturated rings. The van der Waals surface area contributed by atoms with Crippen LogP contribution in [0.2, 0.25) is 0 Å². The van der Waals surface area contributed by atoms with E-state index in [4.69, 9.17) is 4.74 Å². The molecule has 3 nitrogen and oxygen atoms in total. The van der Waals surface area contributed by atoms with E-state index < -0.39 is 0 Å². The number of hydrogen-bond donors (Lipinski definition) is 2. The number of phenolic OH excluding ortho intramolecular Hbond substituents is 1. The summed E-state index contributed by atoms with van der Waals surface area (Å²) in [7, 11) is 3.60. The molecule has 0 aliphatic carbocycles. The fourth-order valence-electron chi connectivity index (χ4n) is 1.19. The molecule has 13 heavy (non-hydrogen) atoms. The molecule has 0 bridgehead atoms. The Kier molecular flexibility index (Phi) is 3.58. The Labute approximate surface area is 78.3 Å². The third kappa shape index (κ3) is 2.63. The van der Waals surface area contributed by atoms with Gasteiger partial charge in [0.25, 0.3) is 0 Å². The van der Waals surface area contributed by atoms with Gasteiger partial charge in [0.05, 0.1) is 20.7 Å². The first-order valence-corrected chi connectivity index (χ1v) is 4.41. The maximum atomic E-state index is 9.33. The maximum absolute atomic E-state index is 9.33. The normalized spacial score (nSPS) is 10.0. The lowest BCUT2D eigenvalue weighted by molar-refractivity contribution is -0.626. The number of hydrogen-bond acceptors (Lipinski definition) is 2. The first-order valence-electron chi connectivity index (χ1n) is 4.41. The van der Waals surface area contributed by atoms with Crippen molar-refractivity contribution in [2.45, 2.75) is 6.42 Å². The van der Waals surface area contributed by atoms with Gasteiger partial charge in [-0.05, 0) is 17.7 Å². The lowest BCUT2D eigenvalue weighted by Crippen LogP contribution is -2.80. The van der Waals surface area contributed by atoms with E-state index in [9.17, 15) is 5.11 Å². The summed E-state index contributed by atoms with van der Waals surface area (Å²) in [6.45, 7) is 1.05. The lowest BCUT2D eigenvalue weighted by Gasteiger charge is -2.05. The fourth-order valence-corrected chi connectivity index (χ4v) is 1.19. The molecule has 0 saturated carbocycles. The van der Waals surface area contributed by atoms with Gasteiger partial charge in [-0.25, -0.2) is 0 Å². The van der Waals surface area contributed by atoms with Crippen LogP contribution < -0.4 is 10.1 Å². The highest BCUT2D eigenvalue weighted by Gasteiger charge is 2.02. The Morgan fingerprint density at radius 2 is 2.23 bits per heavy atom. The van der Waals surface area contributed by atoms with Crippen LogP contribution in [0, 0.1) is 0 Å². The van der Waals surface area contributed by atoms with E-state index in [1.807, 2.05) is 19.2 Å². The van der Waals surface area contributed by atoms with Crippen LogP contribution in [-0.4, -0.2) is 25.8 Å². The fraction of sp³-hybridized carbons (Fsp3) is 0.400. The Morgan fingerprint density at radius 3 is 2.85 bits per heavy atom. The number of benzene rings is 1. The van der Waals surface area contributed by atoms with Gasteiger partial charge < -0.3 is 15.2 Å². The highest BCUT2D eigenvalue weighted by atomic mass is 16.5. The Hall–Kier alpha value is -1.22. The van der Waals surface area contributed by atoms with Gasteiger partial charge in [0, 0.05) is 6.42 Å². The summed E-state index contributed by atoms with van der Waals surface area (Å²) >= 11 is 0. The monoisotopic (exact) mass is 182 g/mol. The van der Waals surface area contributed by atoms with Crippen LogP contribution in [0.4, 0.5) is 0 Å². The molecule has 3 N–H and O–H groups in total. The van der Waals surface area contributed by atoms with E-state index in [2.05, 4.69) is 5.32 Å². The molecule has 0 unspecified atom stereocenters. The molecule has 0 amide bonds. The molecular formula is C10H16NO2+. The van der Waals surface area contributed by atoms with Gasteiger partial charge in [-0.1, -0.05) is 6.07 Å². The molecule has 0 aliphatic heterocycles. The van der Waals surface area contributed by atoms with Gasteiger partial charge in [0.2, 0.25) is 0 Å². The smallest absolute Gasteiger partial charge is 0.160 e. The molecular weight excluding hydrogens is 166 g/mol. The lowest BCUT2D eigenvalue weighted by atomic mass is 10.1. The average Bonchev–Trinajstić information content (AvgIpc) is 2.16. The summed E-state index contributed by atoms with van der Waals surface area (Å²) in [5.41, 5.74) is 1.19. The van der Waals surface area contributed by atoms with Crippen LogP contribution in [-0.2, 0) is 6.42 Å². The quantitative estimate of drug-likeness (QED) is 0.695. The minimum Gasteiger partial charge on any atom is -0.504 e. The molecule has 0 atom stereocenters. The number of phenols is 1. The van der Waals surface area contributed by atoms with E-state index in [0.717, 1.165) is 13.0 Å². The van der Waals surface area contributed by atoms with Gasteiger partial charge in [-0.3, -0.25) is 0 Å². The molecule has 0 aromatic heterocycles. The number of quaternary nitrogens is 1. The zero-order chi connectivity index (χ0) is 9.68. The van der Waals surface area contributed by atoms with Crippen molar-refractivity contribution in [3.8, 4) is 11.5 Å². The zero-order valence-electron chi connectivity index (χ0n) is 8.08. The third-order valence-electron chi connectivity index (χ3n) is 1.97. The van der Waals surface area contributed by atoms with Crippen LogP contribution in [0.1, 0.15) is 5.56 Å². The molecule has 3 heteroatoms. The summed E-state index contributed by atoms with van der Waals surface area (Å²) in [6, 6.07) is 5.46. The van der Waals surface area contributed by atoms with E-state index in [1.54, 1.807) is 13.2 Å². The standard InChI is InChI=1S/C10H15NO2/c1-11-6-5-8-3-4-9(12)10(7-8)13-2/h3-4,7,11-12H,5-6H2,1-2H3/p+1. The van der Waals surface area contributed by atoms with E-state index in [-0.39, 0.29) is 5.75 Å². The summed E-state index contributed by atoms with van der Waals surface area (Å²) in [4.78, 5) is 0. The molecule has 0 aliphatic rings. The Balaban J connectivity index is 2.74. The number of aromatic hydroxyl groups is 1. The van der Waals surface area contributed by atoms with Gasteiger partial charge in [0.1, 0.15) is 0 Å². The largest absolute Gasteiger partial charge is 0.504 e. The van der Waals surface area contributed by atoms with Crippen molar-refractivity contribution >= 4 is 0 Å². The predicted octanol–water partition coefficient (Wildman–Crippen LogP) is 0.137. The van der Waals surface area contributed by atoms with Crippen molar-refractivity contribution in [3.05, 3.63) is 23.8 Å². The van der Waals surface area contributed by atoms with Crippen LogP contribution in [0.3, 0.4) is 0 Å². The second-order valence-corrected chi connectivity index (χ2v) is 2.95. The molecule has 72 valence electrons. The highest BCUT2D eigenvalue weighted by molar-refractivity contribution is 5.41. The summed E-state index contributed by atoms with van der Waals surface area (Å²) in [5.74, 6) is 0.750. The Bertz CT molecular complexity index is 274. The van der Waals surface area contributed by atoms with Crippen LogP contribution in [0.15, 0.2) is 18.2 Å². The van der Waals surface area contributed by atoms with Gasteiger partial charge in [0.15, 0.2) is 11.5 Å². The molecule has 1 aromatic rings. The second-order valence-electron chi connectivity index (χ2n) is 2.95. The minimum absolute atomic E-state index is 0.201. The predicted molar refractivity (Wildman–Crippen MR) is 51.1 cm³/mol. The number of ether oxygens (including phenoxy) is 1. The Morgan fingerprint density at radius 1 is 1.46 bits per heavy atom. The van der Waals surface area contributed by atoms with Gasteiger partial charge in [-0.2, -0.15) is 0 Å². The summed E-state index contributed by atoms with van der Waals surface area (Å²) in [5, 5.41) is 11.5. The molecule has 0 radical (unpaired) electrons. The molecule has 0 saturated heterocycles. The third-order valence-corrected chi connectivity index (χ3v) is 1.97. The van der Waals surface area contributed by atoms with E-state index in [1.165, 1.54) is 5.56 Å². The van der Waals surface area contributed by atoms with Gasteiger partial charge in [-0.15, -0.1) is 0 Å². The zero-order valence-corrected chi connectivity index (χ0v) is 8.08. The number of methoxy groups -OCH3 is 1. The minimum atomic E-state index is 0.201. The number of likely N-dealkylation sites (N-methyl/N-ethyl adjacent to an activating group) is 1. The molecule has 1 aromatic carbocycles.